The minimum absolute atomic E-state index is 0.210. The summed E-state index contributed by atoms with van der Waals surface area (Å²) in [7, 11) is 0. The van der Waals surface area contributed by atoms with Crippen molar-refractivity contribution in [3.05, 3.63) is 0 Å². The van der Waals surface area contributed by atoms with Gasteiger partial charge in [0.1, 0.15) is 6.10 Å². The highest BCUT2D eigenvalue weighted by Gasteiger charge is 2.11. The number of hydrogen-bond acceptors (Lipinski definition) is 3. The van der Waals surface area contributed by atoms with E-state index in [0.717, 1.165) is 12.8 Å². The molecule has 0 rings (SSSR count). The lowest BCUT2D eigenvalue weighted by atomic mass is 10.0. The topological polar surface area (TPSA) is 49.7 Å². The Morgan fingerprint density at radius 3 is 1.95 bits per heavy atom. The average Bonchev–Trinajstić information content (AvgIpc) is 2.47. The van der Waals surface area contributed by atoms with Gasteiger partial charge in [-0.25, -0.2) is 0 Å². The average molecular weight is 288 g/mol. The van der Waals surface area contributed by atoms with Crippen LogP contribution in [-0.2, 0) is 4.74 Å². The van der Waals surface area contributed by atoms with E-state index in [1.54, 1.807) is 0 Å². The van der Waals surface area contributed by atoms with Gasteiger partial charge in [0.2, 0.25) is 0 Å². The van der Waals surface area contributed by atoms with Crippen molar-refractivity contribution in [2.24, 2.45) is 0 Å². The Morgan fingerprint density at radius 2 is 1.35 bits per heavy atom. The van der Waals surface area contributed by atoms with Gasteiger partial charge < -0.3 is 14.9 Å². The first-order valence-electron chi connectivity index (χ1n) is 8.65. The molecule has 0 aromatic rings. The van der Waals surface area contributed by atoms with Crippen LogP contribution in [0.4, 0.5) is 0 Å². The van der Waals surface area contributed by atoms with Crippen LogP contribution in [0.1, 0.15) is 84.5 Å². The number of aliphatic hydroxyl groups excluding tert-OH is 2. The summed E-state index contributed by atoms with van der Waals surface area (Å²) in [5.74, 6) is 0. The van der Waals surface area contributed by atoms with Crippen molar-refractivity contribution >= 4 is 0 Å². The molecule has 122 valence electrons. The van der Waals surface area contributed by atoms with Crippen LogP contribution in [-0.4, -0.2) is 35.6 Å². The third-order valence-corrected chi connectivity index (χ3v) is 3.74. The van der Waals surface area contributed by atoms with Crippen LogP contribution in [0.2, 0.25) is 0 Å². The predicted molar refractivity (Wildman–Crippen MR) is 85.0 cm³/mol. The fraction of sp³-hybridized carbons (Fsp3) is 1.00. The molecule has 2 unspecified atom stereocenters. The third-order valence-electron chi connectivity index (χ3n) is 3.74. The highest BCUT2D eigenvalue weighted by atomic mass is 16.5. The third kappa shape index (κ3) is 12.9. The van der Waals surface area contributed by atoms with Gasteiger partial charge in [-0.2, -0.15) is 0 Å². The Hall–Kier alpha value is -0.120. The van der Waals surface area contributed by atoms with E-state index in [2.05, 4.69) is 13.8 Å². The molecule has 0 heterocycles. The van der Waals surface area contributed by atoms with Gasteiger partial charge in [-0.05, 0) is 12.8 Å². The zero-order chi connectivity index (χ0) is 15.1. The van der Waals surface area contributed by atoms with Gasteiger partial charge >= 0.3 is 0 Å². The summed E-state index contributed by atoms with van der Waals surface area (Å²) in [6, 6.07) is 0. The van der Waals surface area contributed by atoms with E-state index >= 15 is 0 Å². The molecule has 0 aromatic heterocycles. The number of aliphatic hydroxyl groups is 2. The van der Waals surface area contributed by atoms with Crippen molar-refractivity contribution < 1.29 is 14.9 Å². The van der Waals surface area contributed by atoms with Crippen LogP contribution in [0.15, 0.2) is 0 Å². The molecule has 0 aliphatic carbocycles. The van der Waals surface area contributed by atoms with Crippen LogP contribution in [0.25, 0.3) is 0 Å². The molecule has 3 heteroatoms. The summed E-state index contributed by atoms with van der Waals surface area (Å²) in [5, 5.41) is 18.2. The fourth-order valence-electron chi connectivity index (χ4n) is 2.37. The molecule has 0 saturated carbocycles. The van der Waals surface area contributed by atoms with E-state index in [1.807, 2.05) is 0 Å². The van der Waals surface area contributed by atoms with E-state index in [9.17, 15) is 5.11 Å². The van der Waals surface area contributed by atoms with Crippen molar-refractivity contribution in [2.75, 3.05) is 13.2 Å². The SMILES string of the molecule is CCCCCCCCCC(CCCC)OCC(O)CO. The summed E-state index contributed by atoms with van der Waals surface area (Å²) >= 11 is 0. The maximum atomic E-state index is 9.35. The van der Waals surface area contributed by atoms with E-state index in [1.165, 1.54) is 57.8 Å². The summed E-state index contributed by atoms with van der Waals surface area (Å²) < 4.78 is 5.73. The Labute approximate surface area is 125 Å². The van der Waals surface area contributed by atoms with E-state index in [4.69, 9.17) is 9.84 Å². The van der Waals surface area contributed by atoms with Gasteiger partial charge in [-0.15, -0.1) is 0 Å². The molecule has 0 aromatic carbocycles. The summed E-state index contributed by atoms with van der Waals surface area (Å²) in [4.78, 5) is 0. The quantitative estimate of drug-likeness (QED) is 0.447. The Kier molecular flexibility index (Phi) is 15.2. The Bertz CT molecular complexity index is 185. The summed E-state index contributed by atoms with van der Waals surface area (Å²) in [6.45, 7) is 4.49. The van der Waals surface area contributed by atoms with Crippen molar-refractivity contribution in [1.82, 2.24) is 0 Å². The first kappa shape index (κ1) is 19.9. The second kappa shape index (κ2) is 15.3. The summed E-state index contributed by atoms with van der Waals surface area (Å²) in [5.41, 5.74) is 0. The van der Waals surface area contributed by atoms with E-state index in [0.29, 0.717) is 0 Å². The molecule has 0 bridgehead atoms. The lowest BCUT2D eigenvalue weighted by Crippen LogP contribution is -2.24. The fourth-order valence-corrected chi connectivity index (χ4v) is 2.37. The molecule has 2 N–H and O–H groups in total. The van der Waals surface area contributed by atoms with Crippen molar-refractivity contribution in [3.63, 3.8) is 0 Å². The maximum absolute atomic E-state index is 9.35. The van der Waals surface area contributed by atoms with Crippen LogP contribution < -0.4 is 0 Å². The van der Waals surface area contributed by atoms with Gasteiger partial charge in [0.25, 0.3) is 0 Å². The number of ether oxygens (including phenoxy) is 1. The molecule has 0 spiro atoms. The molecule has 0 fully saturated rings. The molecule has 0 radical (unpaired) electrons. The van der Waals surface area contributed by atoms with Gasteiger partial charge in [0.05, 0.1) is 19.3 Å². The second-order valence-corrected chi connectivity index (χ2v) is 5.84. The van der Waals surface area contributed by atoms with Crippen molar-refractivity contribution in [2.45, 2.75) is 96.7 Å². The molecule has 2 atom stereocenters. The van der Waals surface area contributed by atoms with Crippen LogP contribution in [0.5, 0.6) is 0 Å². The first-order chi connectivity index (χ1) is 9.74. The Balaban J connectivity index is 3.63. The number of hydrogen-bond donors (Lipinski definition) is 2. The maximum Gasteiger partial charge on any atom is 0.100 e. The molecular weight excluding hydrogens is 252 g/mol. The minimum Gasteiger partial charge on any atom is -0.394 e. The zero-order valence-electron chi connectivity index (χ0n) is 13.6. The standard InChI is InChI=1S/C17H36O3/c1-3-5-7-8-9-10-11-13-17(12-6-4-2)20-15-16(19)14-18/h16-19H,3-15H2,1-2H3. The summed E-state index contributed by atoms with van der Waals surface area (Å²) in [6.07, 6.45) is 13.3. The number of rotatable bonds is 15. The largest absolute Gasteiger partial charge is 0.394 e. The van der Waals surface area contributed by atoms with Gasteiger partial charge in [0, 0.05) is 0 Å². The first-order valence-corrected chi connectivity index (χ1v) is 8.65. The predicted octanol–water partition coefficient (Wildman–Crippen LogP) is 4.06. The van der Waals surface area contributed by atoms with Crippen molar-refractivity contribution in [1.29, 1.82) is 0 Å². The van der Waals surface area contributed by atoms with E-state index < -0.39 is 6.10 Å². The van der Waals surface area contributed by atoms with Crippen LogP contribution in [0.3, 0.4) is 0 Å². The monoisotopic (exact) mass is 288 g/mol. The highest BCUT2D eigenvalue weighted by Crippen LogP contribution is 2.15. The molecule has 0 saturated heterocycles. The minimum atomic E-state index is -0.729. The van der Waals surface area contributed by atoms with Crippen LogP contribution >= 0.6 is 0 Å². The molecule has 20 heavy (non-hydrogen) atoms. The second-order valence-electron chi connectivity index (χ2n) is 5.84. The van der Waals surface area contributed by atoms with Gasteiger partial charge in [0.15, 0.2) is 0 Å². The molecular formula is C17H36O3. The molecule has 0 amide bonds. The lowest BCUT2D eigenvalue weighted by Gasteiger charge is -2.19. The Morgan fingerprint density at radius 1 is 0.800 bits per heavy atom. The van der Waals surface area contributed by atoms with Crippen LogP contribution in [0, 0.1) is 0 Å². The lowest BCUT2D eigenvalue weighted by molar-refractivity contribution is -0.0349. The zero-order valence-corrected chi connectivity index (χ0v) is 13.6. The molecule has 0 aliphatic rings. The van der Waals surface area contributed by atoms with Crippen molar-refractivity contribution in [3.8, 4) is 0 Å². The van der Waals surface area contributed by atoms with E-state index in [-0.39, 0.29) is 19.3 Å². The number of unbranched alkanes of at least 4 members (excludes halogenated alkanes) is 7. The normalized spacial score (nSPS) is 14.4. The smallest absolute Gasteiger partial charge is 0.100 e. The van der Waals surface area contributed by atoms with Gasteiger partial charge in [-0.1, -0.05) is 71.6 Å². The highest BCUT2D eigenvalue weighted by molar-refractivity contribution is 4.61. The van der Waals surface area contributed by atoms with Gasteiger partial charge in [-0.3, -0.25) is 0 Å². The molecule has 0 aliphatic heterocycles. The molecule has 3 nitrogen and oxygen atoms in total.